The Morgan fingerprint density at radius 2 is 1.68 bits per heavy atom. The van der Waals surface area contributed by atoms with E-state index in [2.05, 4.69) is 24.7 Å². The Balaban J connectivity index is 1.82. The van der Waals surface area contributed by atoms with Crippen LogP contribution in [0.15, 0.2) is 42.5 Å². The molecule has 0 aliphatic rings. The first-order chi connectivity index (χ1) is 13.3. The molecule has 0 radical (unpaired) electrons. The SMILES string of the molecule is Cc1cccc(OC(C)C(=O)NNC(=O)COc2cc(C)ccc2C(C)C)c1. The molecule has 0 aliphatic carbocycles. The number of hydrazine groups is 1. The average Bonchev–Trinajstić information content (AvgIpc) is 2.64. The standard InChI is InChI=1S/C22H28N2O4/c1-14(2)19-10-9-16(4)12-20(19)27-13-21(25)23-24-22(26)17(5)28-18-8-6-7-15(3)11-18/h6-12,14,17H,13H2,1-5H3,(H,23,25)(H,24,26). The van der Waals surface area contributed by atoms with Crippen LogP contribution in [0.2, 0.25) is 0 Å². The van der Waals surface area contributed by atoms with Gasteiger partial charge in [-0.3, -0.25) is 20.4 Å². The summed E-state index contributed by atoms with van der Waals surface area (Å²) in [6.45, 7) is 9.45. The second kappa shape index (κ2) is 9.78. The van der Waals surface area contributed by atoms with Crippen molar-refractivity contribution in [3.05, 3.63) is 59.2 Å². The number of rotatable bonds is 7. The van der Waals surface area contributed by atoms with Crippen LogP contribution in [0, 0.1) is 13.8 Å². The monoisotopic (exact) mass is 384 g/mol. The van der Waals surface area contributed by atoms with Crippen molar-refractivity contribution in [3.63, 3.8) is 0 Å². The number of hydrogen-bond acceptors (Lipinski definition) is 4. The van der Waals surface area contributed by atoms with Crippen LogP contribution in [-0.2, 0) is 9.59 Å². The highest BCUT2D eigenvalue weighted by atomic mass is 16.5. The van der Waals surface area contributed by atoms with Crippen molar-refractivity contribution in [2.24, 2.45) is 0 Å². The Morgan fingerprint density at radius 3 is 2.36 bits per heavy atom. The van der Waals surface area contributed by atoms with E-state index in [1.807, 2.05) is 50.2 Å². The molecular formula is C22H28N2O4. The number of aryl methyl sites for hydroxylation is 2. The first-order valence-electron chi connectivity index (χ1n) is 9.31. The molecule has 0 saturated heterocycles. The molecule has 1 atom stereocenters. The number of benzene rings is 2. The number of nitrogens with one attached hydrogen (secondary N) is 2. The third-order valence-electron chi connectivity index (χ3n) is 4.15. The van der Waals surface area contributed by atoms with Gasteiger partial charge >= 0.3 is 0 Å². The van der Waals surface area contributed by atoms with Crippen LogP contribution < -0.4 is 20.3 Å². The first kappa shape index (κ1) is 21.3. The van der Waals surface area contributed by atoms with E-state index in [1.165, 1.54) is 0 Å². The van der Waals surface area contributed by atoms with Gasteiger partial charge in [-0.25, -0.2) is 0 Å². The fraction of sp³-hybridized carbons (Fsp3) is 0.364. The molecular weight excluding hydrogens is 356 g/mol. The van der Waals surface area contributed by atoms with E-state index in [0.29, 0.717) is 11.5 Å². The zero-order valence-corrected chi connectivity index (χ0v) is 17.0. The lowest BCUT2D eigenvalue weighted by molar-refractivity contribution is -0.133. The minimum atomic E-state index is -0.757. The summed E-state index contributed by atoms with van der Waals surface area (Å²) in [4.78, 5) is 24.1. The zero-order chi connectivity index (χ0) is 20.7. The Hall–Kier alpha value is -3.02. The maximum Gasteiger partial charge on any atom is 0.279 e. The van der Waals surface area contributed by atoms with E-state index in [1.54, 1.807) is 13.0 Å². The van der Waals surface area contributed by atoms with Crippen LogP contribution in [0.5, 0.6) is 11.5 Å². The molecule has 0 fully saturated rings. The van der Waals surface area contributed by atoms with Gasteiger partial charge in [-0.2, -0.15) is 0 Å². The summed E-state index contributed by atoms with van der Waals surface area (Å²) in [5, 5.41) is 0. The van der Waals surface area contributed by atoms with Gasteiger partial charge in [0.1, 0.15) is 11.5 Å². The summed E-state index contributed by atoms with van der Waals surface area (Å²) < 4.78 is 11.2. The summed E-state index contributed by atoms with van der Waals surface area (Å²) in [7, 11) is 0. The van der Waals surface area contributed by atoms with Crippen molar-refractivity contribution >= 4 is 11.8 Å². The molecule has 28 heavy (non-hydrogen) atoms. The topological polar surface area (TPSA) is 76.7 Å². The van der Waals surface area contributed by atoms with Gasteiger partial charge in [-0.15, -0.1) is 0 Å². The van der Waals surface area contributed by atoms with Gasteiger partial charge in [0.05, 0.1) is 0 Å². The van der Waals surface area contributed by atoms with E-state index in [4.69, 9.17) is 9.47 Å². The van der Waals surface area contributed by atoms with Crippen LogP contribution in [-0.4, -0.2) is 24.5 Å². The van der Waals surface area contributed by atoms with E-state index in [9.17, 15) is 9.59 Å². The van der Waals surface area contributed by atoms with Crippen LogP contribution >= 0.6 is 0 Å². The molecule has 1 unspecified atom stereocenters. The van der Waals surface area contributed by atoms with Crippen molar-refractivity contribution in [1.29, 1.82) is 0 Å². The summed E-state index contributed by atoms with van der Waals surface area (Å²) in [6.07, 6.45) is -0.757. The molecule has 2 rings (SSSR count). The molecule has 150 valence electrons. The van der Waals surface area contributed by atoms with Gasteiger partial charge in [0.2, 0.25) is 0 Å². The third kappa shape index (κ3) is 6.30. The summed E-state index contributed by atoms with van der Waals surface area (Å²) >= 11 is 0. The fourth-order valence-electron chi connectivity index (χ4n) is 2.60. The highest BCUT2D eigenvalue weighted by Crippen LogP contribution is 2.27. The van der Waals surface area contributed by atoms with Crippen LogP contribution in [0.1, 0.15) is 43.4 Å². The largest absolute Gasteiger partial charge is 0.483 e. The van der Waals surface area contributed by atoms with Gasteiger partial charge < -0.3 is 9.47 Å². The fourth-order valence-corrected chi connectivity index (χ4v) is 2.60. The van der Waals surface area contributed by atoms with E-state index < -0.39 is 17.9 Å². The quantitative estimate of drug-likeness (QED) is 0.717. The zero-order valence-electron chi connectivity index (χ0n) is 17.0. The molecule has 0 spiro atoms. The summed E-state index contributed by atoms with van der Waals surface area (Å²) in [5.41, 5.74) is 7.83. The minimum Gasteiger partial charge on any atom is -0.483 e. The molecule has 0 heterocycles. The molecule has 0 aromatic heterocycles. The lowest BCUT2D eigenvalue weighted by Crippen LogP contribution is -2.48. The van der Waals surface area contributed by atoms with Gasteiger partial charge in [0.25, 0.3) is 11.8 Å². The van der Waals surface area contributed by atoms with Crippen LogP contribution in [0.3, 0.4) is 0 Å². The van der Waals surface area contributed by atoms with E-state index in [-0.39, 0.29) is 12.5 Å². The number of ether oxygens (including phenoxy) is 2. The summed E-state index contributed by atoms with van der Waals surface area (Å²) in [6, 6.07) is 13.3. The van der Waals surface area contributed by atoms with Gasteiger partial charge in [0, 0.05) is 0 Å². The number of amides is 2. The Kier molecular flexibility index (Phi) is 7.44. The predicted octanol–water partition coefficient (Wildman–Crippen LogP) is 3.42. The van der Waals surface area contributed by atoms with Crippen molar-refractivity contribution in [2.45, 2.75) is 46.6 Å². The maximum atomic E-state index is 12.1. The van der Waals surface area contributed by atoms with Crippen molar-refractivity contribution in [3.8, 4) is 11.5 Å². The number of carbonyl (C=O) groups is 2. The van der Waals surface area contributed by atoms with Crippen molar-refractivity contribution < 1.29 is 19.1 Å². The van der Waals surface area contributed by atoms with Gasteiger partial charge in [-0.1, -0.05) is 38.1 Å². The second-order valence-electron chi connectivity index (χ2n) is 7.10. The molecule has 0 aliphatic heterocycles. The second-order valence-corrected chi connectivity index (χ2v) is 7.10. The molecule has 2 amide bonds. The molecule has 0 saturated carbocycles. The number of hydrogen-bond donors (Lipinski definition) is 2. The van der Waals surface area contributed by atoms with Gasteiger partial charge in [0.15, 0.2) is 12.7 Å². The van der Waals surface area contributed by atoms with Crippen molar-refractivity contribution in [2.75, 3.05) is 6.61 Å². The van der Waals surface area contributed by atoms with E-state index in [0.717, 1.165) is 16.7 Å². The normalized spacial score (nSPS) is 11.6. The first-order valence-corrected chi connectivity index (χ1v) is 9.31. The van der Waals surface area contributed by atoms with Gasteiger partial charge in [-0.05, 0) is 61.6 Å². The highest BCUT2D eigenvalue weighted by Gasteiger charge is 2.16. The van der Waals surface area contributed by atoms with Crippen LogP contribution in [0.25, 0.3) is 0 Å². The third-order valence-corrected chi connectivity index (χ3v) is 4.15. The molecule has 6 nitrogen and oxygen atoms in total. The maximum absolute atomic E-state index is 12.1. The smallest absolute Gasteiger partial charge is 0.279 e. The van der Waals surface area contributed by atoms with Crippen LogP contribution in [0.4, 0.5) is 0 Å². The molecule has 2 N–H and O–H groups in total. The molecule has 0 bridgehead atoms. The minimum absolute atomic E-state index is 0.198. The van der Waals surface area contributed by atoms with Crippen molar-refractivity contribution in [1.82, 2.24) is 10.9 Å². The lowest BCUT2D eigenvalue weighted by atomic mass is 10.0. The highest BCUT2D eigenvalue weighted by molar-refractivity contribution is 5.85. The summed E-state index contributed by atoms with van der Waals surface area (Å²) in [5.74, 6) is 0.643. The van der Waals surface area contributed by atoms with E-state index >= 15 is 0 Å². The Bertz CT molecular complexity index is 833. The lowest BCUT2D eigenvalue weighted by Gasteiger charge is -2.17. The average molecular weight is 384 g/mol. The molecule has 2 aromatic rings. The predicted molar refractivity (Wildman–Crippen MR) is 108 cm³/mol. The Labute approximate surface area is 166 Å². The Morgan fingerprint density at radius 1 is 0.964 bits per heavy atom. The number of carbonyl (C=O) groups excluding carboxylic acids is 2. The molecule has 2 aromatic carbocycles. The molecule has 6 heteroatoms.